The second-order valence-electron chi connectivity index (χ2n) is 1.30. The fourth-order valence-corrected chi connectivity index (χ4v) is 0.285. The fraction of sp³-hybridized carbons (Fsp3) is 0.200. The summed E-state index contributed by atoms with van der Waals surface area (Å²) in [7, 11) is 0. The van der Waals surface area contributed by atoms with Crippen LogP contribution in [0.5, 0.6) is 0 Å². The zero-order valence-electron chi connectivity index (χ0n) is 4.63. The molecule has 0 heterocycles. The molecule has 2 N–H and O–H groups in total. The van der Waals surface area contributed by atoms with Crippen LogP contribution in [0.4, 0.5) is 0 Å². The molecule has 0 aliphatic rings. The van der Waals surface area contributed by atoms with Gasteiger partial charge in [0.1, 0.15) is 6.04 Å². The van der Waals surface area contributed by atoms with E-state index >= 15 is 0 Å². The van der Waals surface area contributed by atoms with Crippen molar-refractivity contribution in [2.24, 2.45) is 0 Å². The molecule has 0 aromatic rings. The summed E-state index contributed by atoms with van der Waals surface area (Å²) in [6.45, 7) is 3.18. The minimum atomic E-state index is -1.15. The molecule has 1 atom stereocenters. The summed E-state index contributed by atoms with van der Waals surface area (Å²) >= 11 is 0. The highest BCUT2D eigenvalue weighted by Gasteiger charge is 2.09. The monoisotopic (exact) mass is 129 g/mol. The summed E-state index contributed by atoms with van der Waals surface area (Å²) in [5.74, 6) is -1.15. The molecule has 0 saturated carbocycles. The van der Waals surface area contributed by atoms with Gasteiger partial charge in [-0.1, -0.05) is 6.08 Å². The number of carboxylic acid groups (broad SMARTS) is 1. The van der Waals surface area contributed by atoms with Crippen LogP contribution in [-0.4, -0.2) is 23.5 Å². The number of carbonyl (C=O) groups excluding carboxylic acids is 1. The molecule has 4 nitrogen and oxygen atoms in total. The van der Waals surface area contributed by atoms with E-state index in [0.29, 0.717) is 0 Å². The summed E-state index contributed by atoms with van der Waals surface area (Å²) < 4.78 is 0. The van der Waals surface area contributed by atoms with Gasteiger partial charge in [-0.2, -0.15) is 0 Å². The van der Waals surface area contributed by atoms with Gasteiger partial charge in [0.25, 0.3) is 0 Å². The first-order chi connectivity index (χ1) is 4.22. The van der Waals surface area contributed by atoms with Gasteiger partial charge in [-0.15, -0.1) is 6.58 Å². The lowest BCUT2D eigenvalue weighted by molar-refractivity contribution is -0.137. The first kappa shape index (κ1) is 7.68. The van der Waals surface area contributed by atoms with Crippen molar-refractivity contribution in [2.75, 3.05) is 0 Å². The van der Waals surface area contributed by atoms with Gasteiger partial charge in [-0.05, 0) is 0 Å². The van der Waals surface area contributed by atoms with E-state index < -0.39 is 12.0 Å². The van der Waals surface area contributed by atoms with Crippen LogP contribution in [0.25, 0.3) is 0 Å². The van der Waals surface area contributed by atoms with Gasteiger partial charge in [0.15, 0.2) is 0 Å². The molecule has 0 aromatic heterocycles. The molecule has 49 valence electrons. The van der Waals surface area contributed by atoms with Crippen LogP contribution in [0.2, 0.25) is 0 Å². The third-order valence-corrected chi connectivity index (χ3v) is 0.716. The van der Waals surface area contributed by atoms with Crippen LogP contribution < -0.4 is 5.32 Å². The van der Waals surface area contributed by atoms with Gasteiger partial charge in [0.2, 0.25) is 0 Å². The summed E-state index contributed by atoms with van der Waals surface area (Å²) in [5.41, 5.74) is 0. The van der Waals surface area contributed by atoms with Crippen LogP contribution in [0, 0.1) is 0 Å². The van der Waals surface area contributed by atoms with E-state index in [2.05, 4.69) is 6.58 Å². The SMILES string of the molecule is C=CC(N[C]=O)[13C](=O)O. The summed E-state index contributed by atoms with van der Waals surface area (Å²) in [5, 5.41) is 10.1. The third kappa shape index (κ3) is 2.48. The van der Waals surface area contributed by atoms with E-state index in [1.807, 2.05) is 5.32 Å². The molecular weight excluding hydrogens is 123 g/mol. The quantitative estimate of drug-likeness (QED) is 0.299. The fourth-order valence-electron chi connectivity index (χ4n) is 0.285. The maximum Gasteiger partial charge on any atom is 0.330 e. The molecular formula is C5H6NO3. The van der Waals surface area contributed by atoms with Gasteiger partial charge in [-0.25, -0.2) is 4.79 Å². The molecule has 0 aliphatic heterocycles. The number of hydrogen-bond donors (Lipinski definition) is 2. The van der Waals surface area contributed by atoms with Gasteiger partial charge in [0, 0.05) is 0 Å². The number of rotatable bonds is 4. The van der Waals surface area contributed by atoms with E-state index in [9.17, 15) is 9.59 Å². The summed E-state index contributed by atoms with van der Waals surface area (Å²) in [6, 6.07) is -1.03. The first-order valence-corrected chi connectivity index (χ1v) is 2.20. The Labute approximate surface area is 52.2 Å². The number of carboxylic acids is 1. The highest BCUT2D eigenvalue weighted by molar-refractivity contribution is 5.78. The lowest BCUT2D eigenvalue weighted by atomic mass is 10.4. The normalized spacial score (nSPS) is 11.6. The van der Waals surface area contributed by atoms with Crippen molar-refractivity contribution in [1.82, 2.24) is 5.32 Å². The maximum absolute atomic E-state index is 10.0. The van der Waals surface area contributed by atoms with Crippen molar-refractivity contribution in [3.05, 3.63) is 12.7 Å². The number of aliphatic carboxylic acids is 1. The zero-order chi connectivity index (χ0) is 7.28. The molecule has 0 fully saturated rings. The predicted octanol–water partition coefficient (Wildman–Crippen LogP) is -0.718. The van der Waals surface area contributed by atoms with Crippen molar-refractivity contribution < 1.29 is 14.7 Å². The van der Waals surface area contributed by atoms with Crippen molar-refractivity contribution in [1.29, 1.82) is 0 Å². The highest BCUT2D eigenvalue weighted by Crippen LogP contribution is 1.80. The smallest absolute Gasteiger partial charge is 0.330 e. The second kappa shape index (κ2) is 3.65. The maximum atomic E-state index is 10.0. The zero-order valence-corrected chi connectivity index (χ0v) is 4.63. The lowest BCUT2D eigenvalue weighted by Crippen LogP contribution is -2.33. The molecule has 9 heavy (non-hydrogen) atoms. The summed E-state index contributed by atoms with van der Waals surface area (Å²) in [6.07, 6.45) is 2.35. The van der Waals surface area contributed by atoms with Gasteiger partial charge >= 0.3 is 12.4 Å². The van der Waals surface area contributed by atoms with E-state index in [4.69, 9.17) is 5.11 Å². The van der Waals surface area contributed by atoms with Crippen LogP contribution in [-0.2, 0) is 9.59 Å². The van der Waals surface area contributed by atoms with Gasteiger partial charge in [-0.3, -0.25) is 4.79 Å². The Morgan fingerprint density at radius 2 is 2.44 bits per heavy atom. The molecule has 1 amide bonds. The Kier molecular flexibility index (Phi) is 3.12. The number of hydrogen-bond acceptors (Lipinski definition) is 2. The van der Waals surface area contributed by atoms with Crippen LogP contribution >= 0.6 is 0 Å². The molecule has 0 aliphatic carbocycles. The molecule has 0 rings (SSSR count). The average molecular weight is 129 g/mol. The van der Waals surface area contributed by atoms with E-state index in [1.165, 1.54) is 6.41 Å². The molecule has 0 aromatic carbocycles. The molecule has 0 bridgehead atoms. The van der Waals surface area contributed by atoms with E-state index in [0.717, 1.165) is 6.08 Å². The van der Waals surface area contributed by atoms with Crippen molar-refractivity contribution in [3.63, 3.8) is 0 Å². The molecule has 0 saturated heterocycles. The largest absolute Gasteiger partial charge is 0.479 e. The standard InChI is InChI=1S/C5H6NO3/c1-2-4(5(8)9)6-3-7/h2,4H,1H2,(H,6,7)(H,8,9)/i5+1. The van der Waals surface area contributed by atoms with Gasteiger partial charge in [0.05, 0.1) is 0 Å². The first-order valence-electron chi connectivity index (χ1n) is 2.20. The Hall–Kier alpha value is -1.32. The van der Waals surface area contributed by atoms with Crippen LogP contribution in [0.1, 0.15) is 0 Å². The molecule has 1 radical (unpaired) electrons. The van der Waals surface area contributed by atoms with Crippen LogP contribution in [0.15, 0.2) is 12.7 Å². The van der Waals surface area contributed by atoms with E-state index in [-0.39, 0.29) is 0 Å². The number of amides is 1. The number of nitrogens with one attached hydrogen (secondary N) is 1. The van der Waals surface area contributed by atoms with Crippen molar-refractivity contribution >= 4 is 12.4 Å². The second-order valence-corrected chi connectivity index (χ2v) is 1.30. The Morgan fingerprint density at radius 3 is 2.56 bits per heavy atom. The van der Waals surface area contributed by atoms with E-state index in [1.54, 1.807) is 0 Å². The lowest BCUT2D eigenvalue weighted by Gasteiger charge is -2.01. The van der Waals surface area contributed by atoms with Gasteiger partial charge < -0.3 is 10.4 Å². The third-order valence-electron chi connectivity index (χ3n) is 0.716. The molecule has 1 unspecified atom stereocenters. The highest BCUT2D eigenvalue weighted by atomic mass is 16.5. The van der Waals surface area contributed by atoms with Crippen molar-refractivity contribution in [3.8, 4) is 0 Å². The van der Waals surface area contributed by atoms with Crippen molar-refractivity contribution in [2.45, 2.75) is 6.04 Å². The summed E-state index contributed by atoms with van der Waals surface area (Å²) in [4.78, 5) is 19.5. The Morgan fingerprint density at radius 1 is 1.89 bits per heavy atom. The minimum Gasteiger partial charge on any atom is -0.479 e. The Balaban J connectivity index is 3.81. The number of carbonyl (C=O) groups is 1. The average Bonchev–Trinajstić information content (AvgIpc) is 1.82. The minimum absolute atomic E-state index is 1.03. The molecule has 4 heteroatoms. The molecule has 0 spiro atoms. The Bertz CT molecular complexity index is 132. The van der Waals surface area contributed by atoms with Crippen LogP contribution in [0.3, 0.4) is 0 Å². The predicted molar refractivity (Wildman–Crippen MR) is 30.4 cm³/mol. The topological polar surface area (TPSA) is 66.4 Å².